The van der Waals surface area contributed by atoms with E-state index >= 15 is 0 Å². The molecule has 0 aromatic heterocycles. The molecule has 2 rings (SSSR count). The number of sulfone groups is 1. The summed E-state index contributed by atoms with van der Waals surface area (Å²) in [7, 11) is -3.47. The zero-order valence-electron chi connectivity index (χ0n) is 13.0. The third-order valence-electron chi connectivity index (χ3n) is 3.51. The van der Waals surface area contributed by atoms with Gasteiger partial charge < -0.3 is 5.32 Å². The highest BCUT2D eigenvalue weighted by atomic mass is 35.5. The first kappa shape index (κ1) is 18.8. The van der Waals surface area contributed by atoms with Crippen LogP contribution in [0.1, 0.15) is 24.9 Å². The van der Waals surface area contributed by atoms with Gasteiger partial charge in [0.1, 0.15) is 0 Å². The van der Waals surface area contributed by atoms with E-state index in [0.717, 1.165) is 5.56 Å². The van der Waals surface area contributed by atoms with E-state index in [1.807, 2.05) is 0 Å². The maximum atomic E-state index is 12.2. The Morgan fingerprint density at radius 2 is 1.79 bits per heavy atom. The molecular formula is C17H17Cl2NO3S. The van der Waals surface area contributed by atoms with Crippen LogP contribution < -0.4 is 5.32 Å². The summed E-state index contributed by atoms with van der Waals surface area (Å²) >= 11 is 12.0. The minimum absolute atomic E-state index is 0.118. The smallest absolute Gasteiger partial charge is 0.221 e. The van der Waals surface area contributed by atoms with E-state index in [0.29, 0.717) is 10.0 Å². The molecule has 0 saturated carbocycles. The Hall–Kier alpha value is -1.56. The minimum Gasteiger partial charge on any atom is -0.350 e. The molecule has 7 heteroatoms. The van der Waals surface area contributed by atoms with E-state index in [-0.39, 0.29) is 29.0 Å². The number of hydrogen-bond acceptors (Lipinski definition) is 3. The largest absolute Gasteiger partial charge is 0.350 e. The van der Waals surface area contributed by atoms with Gasteiger partial charge in [-0.3, -0.25) is 4.79 Å². The molecule has 0 heterocycles. The molecule has 0 aliphatic heterocycles. The van der Waals surface area contributed by atoms with Crippen LogP contribution in [0.25, 0.3) is 0 Å². The van der Waals surface area contributed by atoms with E-state index in [2.05, 4.69) is 5.32 Å². The molecule has 1 amide bonds. The van der Waals surface area contributed by atoms with Gasteiger partial charge in [0.15, 0.2) is 9.84 Å². The van der Waals surface area contributed by atoms with Crippen molar-refractivity contribution < 1.29 is 13.2 Å². The third-order valence-corrected chi connectivity index (χ3v) is 5.80. The van der Waals surface area contributed by atoms with Gasteiger partial charge in [0.25, 0.3) is 0 Å². The van der Waals surface area contributed by atoms with Crippen LogP contribution in [0.2, 0.25) is 10.0 Å². The van der Waals surface area contributed by atoms with Crippen molar-refractivity contribution in [1.29, 1.82) is 0 Å². The lowest BCUT2D eigenvalue weighted by Gasteiger charge is -2.16. The number of nitrogens with one attached hydrogen (secondary N) is 1. The molecule has 0 aliphatic carbocycles. The fourth-order valence-electron chi connectivity index (χ4n) is 2.22. The Balaban J connectivity index is 1.96. The fraction of sp³-hybridized carbons (Fsp3) is 0.235. The van der Waals surface area contributed by atoms with Crippen LogP contribution in [0.15, 0.2) is 53.4 Å². The van der Waals surface area contributed by atoms with Crippen LogP contribution in [0.5, 0.6) is 0 Å². The van der Waals surface area contributed by atoms with E-state index in [1.165, 1.54) is 12.1 Å². The van der Waals surface area contributed by atoms with Gasteiger partial charge in [0, 0.05) is 16.5 Å². The number of carbonyl (C=O) groups excluding carboxylic acids is 1. The van der Waals surface area contributed by atoms with E-state index in [4.69, 9.17) is 23.2 Å². The molecule has 0 bridgehead atoms. The van der Waals surface area contributed by atoms with Crippen molar-refractivity contribution in [3.8, 4) is 0 Å². The van der Waals surface area contributed by atoms with Crippen LogP contribution >= 0.6 is 23.2 Å². The monoisotopic (exact) mass is 385 g/mol. The topological polar surface area (TPSA) is 63.2 Å². The van der Waals surface area contributed by atoms with Crippen molar-refractivity contribution in [2.75, 3.05) is 5.75 Å². The molecule has 0 fully saturated rings. The first-order valence-electron chi connectivity index (χ1n) is 7.32. The van der Waals surface area contributed by atoms with E-state index in [9.17, 15) is 13.2 Å². The highest BCUT2D eigenvalue weighted by Crippen LogP contribution is 2.26. The Morgan fingerprint density at radius 1 is 1.12 bits per heavy atom. The summed E-state index contributed by atoms with van der Waals surface area (Å²) in [6.07, 6.45) is -0.118. The van der Waals surface area contributed by atoms with E-state index in [1.54, 1.807) is 43.3 Å². The van der Waals surface area contributed by atoms with Gasteiger partial charge in [0.05, 0.1) is 16.7 Å². The predicted octanol–water partition coefficient (Wildman–Crippen LogP) is 4.03. The highest BCUT2D eigenvalue weighted by Gasteiger charge is 2.18. The molecular weight excluding hydrogens is 369 g/mol. The lowest BCUT2D eigenvalue weighted by Crippen LogP contribution is -2.28. The van der Waals surface area contributed by atoms with Crippen molar-refractivity contribution in [3.63, 3.8) is 0 Å². The summed E-state index contributed by atoms with van der Waals surface area (Å²) in [5, 5.41) is 3.71. The van der Waals surface area contributed by atoms with Crippen LogP contribution in [0.4, 0.5) is 0 Å². The standard InChI is InChI=1S/C17H17Cl2NO3S/c1-12(15-8-7-13(18)11-16(15)19)20-17(21)9-10-24(22,23)14-5-3-2-4-6-14/h2-8,11-12H,9-10H2,1H3,(H,20,21)/t12-/m0/s1. The van der Waals surface area contributed by atoms with Crippen LogP contribution in [0.3, 0.4) is 0 Å². The summed E-state index contributed by atoms with van der Waals surface area (Å²) in [6.45, 7) is 1.78. The second-order valence-corrected chi connectivity index (χ2v) is 8.29. The van der Waals surface area contributed by atoms with Gasteiger partial charge in [-0.15, -0.1) is 0 Å². The van der Waals surface area contributed by atoms with Crippen LogP contribution in [0, 0.1) is 0 Å². The summed E-state index contributed by atoms with van der Waals surface area (Å²) < 4.78 is 24.3. The minimum atomic E-state index is -3.47. The Bertz CT molecular complexity index is 823. The lowest BCUT2D eigenvalue weighted by atomic mass is 10.1. The number of halogens is 2. The van der Waals surface area contributed by atoms with Gasteiger partial charge in [-0.1, -0.05) is 47.5 Å². The molecule has 1 atom stereocenters. The Labute approximate surface area is 151 Å². The molecule has 4 nitrogen and oxygen atoms in total. The van der Waals surface area contributed by atoms with Crippen molar-refractivity contribution in [1.82, 2.24) is 5.32 Å². The molecule has 0 saturated heterocycles. The van der Waals surface area contributed by atoms with Gasteiger partial charge in [-0.05, 0) is 36.8 Å². The molecule has 128 valence electrons. The molecule has 24 heavy (non-hydrogen) atoms. The van der Waals surface area contributed by atoms with Gasteiger partial charge >= 0.3 is 0 Å². The Kier molecular flexibility index (Phi) is 6.27. The number of benzene rings is 2. The molecule has 1 N–H and O–H groups in total. The van der Waals surface area contributed by atoms with Crippen molar-refractivity contribution >= 4 is 38.9 Å². The maximum Gasteiger partial charge on any atom is 0.221 e. The second kappa shape index (κ2) is 8.01. The zero-order chi connectivity index (χ0) is 17.7. The predicted molar refractivity (Wildman–Crippen MR) is 96.1 cm³/mol. The number of hydrogen-bond donors (Lipinski definition) is 1. The molecule has 0 unspecified atom stereocenters. The summed E-state index contributed by atoms with van der Waals surface area (Å²) in [5.41, 5.74) is 0.723. The summed E-state index contributed by atoms with van der Waals surface area (Å²) in [6, 6.07) is 12.7. The highest BCUT2D eigenvalue weighted by molar-refractivity contribution is 7.91. The normalized spacial score (nSPS) is 12.6. The average Bonchev–Trinajstić information content (AvgIpc) is 2.54. The molecule has 2 aromatic carbocycles. The van der Waals surface area contributed by atoms with Gasteiger partial charge in [-0.25, -0.2) is 8.42 Å². The fourth-order valence-corrected chi connectivity index (χ4v) is 4.05. The quantitative estimate of drug-likeness (QED) is 0.815. The molecule has 0 spiro atoms. The van der Waals surface area contributed by atoms with Crippen molar-refractivity contribution in [2.24, 2.45) is 0 Å². The number of carbonyl (C=O) groups is 1. The van der Waals surface area contributed by atoms with Crippen LogP contribution in [-0.4, -0.2) is 20.1 Å². The first-order chi connectivity index (χ1) is 11.3. The third kappa shape index (κ3) is 4.97. The molecule has 0 aliphatic rings. The molecule has 2 aromatic rings. The zero-order valence-corrected chi connectivity index (χ0v) is 15.3. The van der Waals surface area contributed by atoms with Crippen LogP contribution in [-0.2, 0) is 14.6 Å². The number of rotatable bonds is 6. The summed E-state index contributed by atoms with van der Waals surface area (Å²) in [5.74, 6) is -0.600. The first-order valence-corrected chi connectivity index (χ1v) is 9.72. The SMILES string of the molecule is C[C@H](NC(=O)CCS(=O)(=O)c1ccccc1)c1ccc(Cl)cc1Cl. The lowest BCUT2D eigenvalue weighted by molar-refractivity contribution is -0.121. The van der Waals surface area contributed by atoms with Crippen molar-refractivity contribution in [2.45, 2.75) is 24.3 Å². The second-order valence-electron chi connectivity index (χ2n) is 5.34. The Morgan fingerprint density at radius 3 is 2.42 bits per heavy atom. The van der Waals surface area contributed by atoms with E-state index < -0.39 is 9.84 Å². The van der Waals surface area contributed by atoms with Gasteiger partial charge in [0.2, 0.25) is 5.91 Å². The van der Waals surface area contributed by atoms with Gasteiger partial charge in [-0.2, -0.15) is 0 Å². The van der Waals surface area contributed by atoms with Crippen molar-refractivity contribution in [3.05, 3.63) is 64.1 Å². The summed E-state index contributed by atoms with van der Waals surface area (Å²) in [4.78, 5) is 12.3. The maximum absolute atomic E-state index is 12.2. The molecule has 0 radical (unpaired) electrons. The number of amides is 1. The average molecular weight is 386 g/mol.